The third-order valence-corrected chi connectivity index (χ3v) is 6.43. The van der Waals surface area contributed by atoms with Crippen LogP contribution in [0.1, 0.15) is 6.92 Å². The van der Waals surface area contributed by atoms with Gasteiger partial charge in [0.1, 0.15) is 0 Å². The standard InChI is InChI=1S/C15H16INO2S2/c1-3-17(13-6-4-12(16)5-7-13)21(18,19)15-10-8-14(20-2)9-11-15/h4-11H,3H2,1-2H3. The van der Waals surface area contributed by atoms with E-state index >= 15 is 0 Å². The van der Waals surface area contributed by atoms with Crippen LogP contribution in [-0.2, 0) is 10.0 Å². The molecular formula is C15H16INO2S2. The van der Waals surface area contributed by atoms with Crippen molar-refractivity contribution >= 4 is 50.1 Å². The highest BCUT2D eigenvalue weighted by Gasteiger charge is 2.23. The van der Waals surface area contributed by atoms with Crippen molar-refractivity contribution in [3.63, 3.8) is 0 Å². The Labute approximate surface area is 143 Å². The second-order valence-corrected chi connectivity index (χ2v) is 8.31. The maximum atomic E-state index is 12.8. The third kappa shape index (κ3) is 3.73. The first kappa shape index (κ1) is 16.6. The first-order valence-electron chi connectivity index (χ1n) is 6.41. The number of rotatable bonds is 5. The lowest BCUT2D eigenvalue weighted by molar-refractivity contribution is 0.592. The lowest BCUT2D eigenvalue weighted by Gasteiger charge is -2.23. The van der Waals surface area contributed by atoms with E-state index in [1.54, 1.807) is 23.9 Å². The fourth-order valence-corrected chi connectivity index (χ4v) is 4.22. The molecule has 0 fully saturated rings. The van der Waals surface area contributed by atoms with Crippen molar-refractivity contribution in [2.75, 3.05) is 17.1 Å². The number of sulfonamides is 1. The smallest absolute Gasteiger partial charge is 0.264 e. The van der Waals surface area contributed by atoms with Crippen LogP contribution < -0.4 is 4.31 Å². The highest BCUT2D eigenvalue weighted by Crippen LogP contribution is 2.25. The zero-order valence-corrected chi connectivity index (χ0v) is 15.6. The Morgan fingerprint density at radius 3 is 2.10 bits per heavy atom. The lowest BCUT2D eigenvalue weighted by Crippen LogP contribution is -2.30. The molecule has 6 heteroatoms. The van der Waals surface area contributed by atoms with Crippen LogP contribution in [0.4, 0.5) is 5.69 Å². The van der Waals surface area contributed by atoms with Gasteiger partial charge in [0.05, 0.1) is 10.6 Å². The molecule has 0 unspecified atom stereocenters. The molecule has 0 aliphatic heterocycles. The Morgan fingerprint density at radius 2 is 1.62 bits per heavy atom. The minimum Gasteiger partial charge on any atom is -0.267 e. The van der Waals surface area contributed by atoms with Gasteiger partial charge in [0.15, 0.2) is 0 Å². The quantitative estimate of drug-likeness (QED) is 0.523. The van der Waals surface area contributed by atoms with E-state index in [1.807, 2.05) is 49.6 Å². The van der Waals surface area contributed by atoms with Gasteiger partial charge in [0.25, 0.3) is 10.0 Å². The number of anilines is 1. The van der Waals surface area contributed by atoms with E-state index in [4.69, 9.17) is 0 Å². The largest absolute Gasteiger partial charge is 0.267 e. The summed E-state index contributed by atoms with van der Waals surface area (Å²) in [6.45, 7) is 2.24. The van der Waals surface area contributed by atoms with Crippen molar-refractivity contribution in [3.05, 3.63) is 52.1 Å². The van der Waals surface area contributed by atoms with Gasteiger partial charge in [0, 0.05) is 15.0 Å². The number of benzene rings is 2. The summed E-state index contributed by atoms with van der Waals surface area (Å²) in [7, 11) is -3.52. The monoisotopic (exact) mass is 433 g/mol. The number of thioether (sulfide) groups is 1. The van der Waals surface area contributed by atoms with Crippen LogP contribution in [-0.4, -0.2) is 21.2 Å². The van der Waals surface area contributed by atoms with Crippen molar-refractivity contribution in [2.45, 2.75) is 16.7 Å². The molecule has 3 nitrogen and oxygen atoms in total. The maximum absolute atomic E-state index is 12.8. The van der Waals surface area contributed by atoms with Gasteiger partial charge in [-0.1, -0.05) is 0 Å². The summed E-state index contributed by atoms with van der Waals surface area (Å²) < 4.78 is 28.0. The van der Waals surface area contributed by atoms with Gasteiger partial charge in [-0.2, -0.15) is 0 Å². The normalized spacial score (nSPS) is 11.4. The fraction of sp³-hybridized carbons (Fsp3) is 0.200. The van der Waals surface area contributed by atoms with E-state index in [1.165, 1.54) is 4.31 Å². The van der Waals surface area contributed by atoms with Crippen LogP contribution >= 0.6 is 34.4 Å². The molecule has 2 rings (SSSR count). The maximum Gasteiger partial charge on any atom is 0.264 e. The molecule has 0 radical (unpaired) electrons. The van der Waals surface area contributed by atoms with Crippen LogP contribution in [0.5, 0.6) is 0 Å². The zero-order valence-electron chi connectivity index (χ0n) is 11.8. The van der Waals surface area contributed by atoms with Gasteiger partial charge in [-0.3, -0.25) is 4.31 Å². The van der Waals surface area contributed by atoms with E-state index in [0.717, 1.165) is 8.47 Å². The molecule has 21 heavy (non-hydrogen) atoms. The van der Waals surface area contributed by atoms with E-state index in [2.05, 4.69) is 22.6 Å². The molecule has 0 heterocycles. The predicted octanol–water partition coefficient (Wildman–Crippen LogP) is 4.23. The van der Waals surface area contributed by atoms with Crippen molar-refractivity contribution in [1.29, 1.82) is 0 Å². The first-order chi connectivity index (χ1) is 9.98. The van der Waals surface area contributed by atoms with Crippen LogP contribution in [0.25, 0.3) is 0 Å². The molecule has 2 aromatic rings. The average molecular weight is 433 g/mol. The highest BCUT2D eigenvalue weighted by atomic mass is 127. The summed E-state index contributed by atoms with van der Waals surface area (Å²) in [5.74, 6) is 0. The molecule has 0 aromatic heterocycles. The van der Waals surface area contributed by atoms with Crippen molar-refractivity contribution < 1.29 is 8.42 Å². The van der Waals surface area contributed by atoms with E-state index < -0.39 is 10.0 Å². The lowest BCUT2D eigenvalue weighted by atomic mass is 10.3. The zero-order chi connectivity index (χ0) is 15.5. The molecule has 0 N–H and O–H groups in total. The summed E-state index contributed by atoms with van der Waals surface area (Å²) in [4.78, 5) is 1.37. The topological polar surface area (TPSA) is 37.4 Å². The van der Waals surface area contributed by atoms with E-state index in [-0.39, 0.29) is 0 Å². The van der Waals surface area contributed by atoms with Crippen molar-refractivity contribution in [2.24, 2.45) is 0 Å². The minimum absolute atomic E-state index is 0.320. The van der Waals surface area contributed by atoms with Gasteiger partial charge in [0.2, 0.25) is 0 Å². The molecule has 2 aromatic carbocycles. The molecule has 0 aliphatic rings. The summed E-state index contributed by atoms with van der Waals surface area (Å²) in [6, 6.07) is 14.5. The molecule has 112 valence electrons. The second kappa shape index (κ2) is 7.02. The minimum atomic E-state index is -3.52. The number of hydrogen-bond acceptors (Lipinski definition) is 3. The fourth-order valence-electron chi connectivity index (χ4n) is 1.97. The molecule has 0 atom stereocenters. The van der Waals surface area contributed by atoms with Crippen LogP contribution in [0, 0.1) is 3.57 Å². The molecule has 0 bridgehead atoms. The molecule has 0 saturated heterocycles. The molecule has 0 saturated carbocycles. The Hall–Kier alpha value is -0.730. The Kier molecular flexibility index (Phi) is 5.56. The van der Waals surface area contributed by atoms with E-state index in [9.17, 15) is 8.42 Å². The SMILES string of the molecule is CCN(c1ccc(I)cc1)S(=O)(=O)c1ccc(SC)cc1. The summed E-state index contributed by atoms with van der Waals surface area (Å²) in [5, 5.41) is 0. The van der Waals surface area contributed by atoms with Crippen molar-refractivity contribution in [1.82, 2.24) is 0 Å². The average Bonchev–Trinajstić information content (AvgIpc) is 2.50. The Morgan fingerprint density at radius 1 is 1.05 bits per heavy atom. The second-order valence-electron chi connectivity index (χ2n) is 4.32. The molecule has 0 aliphatic carbocycles. The predicted molar refractivity (Wildman–Crippen MR) is 97.6 cm³/mol. The van der Waals surface area contributed by atoms with Gasteiger partial charge >= 0.3 is 0 Å². The van der Waals surface area contributed by atoms with Crippen LogP contribution in [0.3, 0.4) is 0 Å². The first-order valence-corrected chi connectivity index (χ1v) is 10.2. The number of halogens is 1. The van der Waals surface area contributed by atoms with Crippen LogP contribution in [0.15, 0.2) is 58.3 Å². The highest BCUT2D eigenvalue weighted by molar-refractivity contribution is 14.1. The van der Waals surface area contributed by atoms with E-state index in [0.29, 0.717) is 17.1 Å². The molecule has 0 amide bonds. The number of hydrogen-bond donors (Lipinski definition) is 0. The summed E-state index contributed by atoms with van der Waals surface area (Å²) >= 11 is 3.79. The third-order valence-electron chi connectivity index (χ3n) is 3.05. The Bertz CT molecular complexity index is 697. The Balaban J connectivity index is 2.41. The summed E-state index contributed by atoms with van der Waals surface area (Å²) in [6.07, 6.45) is 1.97. The summed E-state index contributed by atoms with van der Waals surface area (Å²) in [5.41, 5.74) is 0.687. The van der Waals surface area contributed by atoms with Gasteiger partial charge in [-0.15, -0.1) is 11.8 Å². The number of nitrogens with zero attached hydrogens (tertiary/aromatic N) is 1. The van der Waals surface area contributed by atoms with Gasteiger partial charge in [-0.25, -0.2) is 8.42 Å². The van der Waals surface area contributed by atoms with Crippen molar-refractivity contribution in [3.8, 4) is 0 Å². The molecular weight excluding hydrogens is 417 g/mol. The van der Waals surface area contributed by atoms with Gasteiger partial charge < -0.3 is 0 Å². The van der Waals surface area contributed by atoms with Crippen LogP contribution in [0.2, 0.25) is 0 Å². The molecule has 0 spiro atoms. The van der Waals surface area contributed by atoms with Gasteiger partial charge in [-0.05, 0) is 84.3 Å².